The number of fused-ring (bicyclic) bond motifs is 1. The Morgan fingerprint density at radius 1 is 1.21 bits per heavy atom. The van der Waals surface area contributed by atoms with Gasteiger partial charge in [-0.25, -0.2) is 9.97 Å². The van der Waals surface area contributed by atoms with Gasteiger partial charge < -0.3 is 10.2 Å². The fourth-order valence-electron chi connectivity index (χ4n) is 2.47. The maximum atomic E-state index is 11.1. The first-order valence-corrected chi connectivity index (χ1v) is 7.45. The van der Waals surface area contributed by atoms with Crippen molar-refractivity contribution in [3.63, 3.8) is 0 Å². The van der Waals surface area contributed by atoms with Crippen LogP contribution in [0.3, 0.4) is 0 Å². The zero-order chi connectivity index (χ0) is 17.1. The molecular formula is C17H17N5O2. The van der Waals surface area contributed by atoms with Crippen LogP contribution < -0.4 is 10.2 Å². The number of nitrogens with one attached hydrogen (secondary N) is 1. The summed E-state index contributed by atoms with van der Waals surface area (Å²) >= 11 is 0. The predicted molar refractivity (Wildman–Crippen MR) is 94.3 cm³/mol. The Morgan fingerprint density at radius 3 is 2.75 bits per heavy atom. The Morgan fingerprint density at radius 2 is 2.00 bits per heavy atom. The molecule has 0 fully saturated rings. The predicted octanol–water partition coefficient (Wildman–Crippen LogP) is 3.22. The van der Waals surface area contributed by atoms with E-state index in [1.54, 1.807) is 6.07 Å². The van der Waals surface area contributed by atoms with Crippen LogP contribution in [0.4, 0.5) is 17.3 Å². The number of para-hydroxylation sites is 1. The second-order valence-electron chi connectivity index (χ2n) is 5.53. The van der Waals surface area contributed by atoms with E-state index in [0.29, 0.717) is 6.54 Å². The van der Waals surface area contributed by atoms with Crippen molar-refractivity contribution in [3.05, 3.63) is 64.3 Å². The zero-order valence-corrected chi connectivity index (χ0v) is 13.4. The van der Waals surface area contributed by atoms with Crippen molar-refractivity contribution in [1.82, 2.24) is 9.97 Å². The van der Waals surface area contributed by atoms with Crippen molar-refractivity contribution in [2.75, 3.05) is 24.3 Å². The number of nitrogens with zero attached hydrogens (tertiary/aromatic N) is 4. The largest absolute Gasteiger partial charge is 0.363 e. The lowest BCUT2D eigenvalue weighted by Gasteiger charge is -2.15. The van der Waals surface area contributed by atoms with Gasteiger partial charge in [-0.15, -0.1) is 0 Å². The molecule has 0 spiro atoms. The van der Waals surface area contributed by atoms with Gasteiger partial charge in [0.2, 0.25) is 5.82 Å². The molecule has 0 aliphatic heterocycles. The molecule has 0 atom stereocenters. The SMILES string of the molecule is CN(C)c1cc(CNc2ncccc2[N+](=O)[O-])c2ccccc2n1. The van der Waals surface area contributed by atoms with Crippen molar-refractivity contribution in [1.29, 1.82) is 0 Å². The molecule has 122 valence electrons. The summed E-state index contributed by atoms with van der Waals surface area (Å²) in [5.41, 5.74) is 1.85. The topological polar surface area (TPSA) is 84.2 Å². The van der Waals surface area contributed by atoms with E-state index in [1.165, 1.54) is 12.3 Å². The summed E-state index contributed by atoms with van der Waals surface area (Å²) < 4.78 is 0. The van der Waals surface area contributed by atoms with E-state index in [2.05, 4.69) is 15.3 Å². The Balaban J connectivity index is 1.97. The summed E-state index contributed by atoms with van der Waals surface area (Å²) in [5.74, 6) is 1.09. The quantitative estimate of drug-likeness (QED) is 0.573. The summed E-state index contributed by atoms with van der Waals surface area (Å²) in [5, 5.41) is 15.2. The van der Waals surface area contributed by atoms with Crippen molar-refractivity contribution in [3.8, 4) is 0 Å². The molecule has 1 N–H and O–H groups in total. The maximum absolute atomic E-state index is 11.1. The van der Waals surface area contributed by atoms with Gasteiger partial charge >= 0.3 is 5.69 Å². The van der Waals surface area contributed by atoms with Crippen molar-refractivity contribution < 1.29 is 4.92 Å². The number of pyridine rings is 2. The standard InChI is InChI=1S/C17H17N5O2/c1-21(2)16-10-12(13-6-3-4-7-14(13)20-16)11-19-17-15(22(23)24)8-5-9-18-17/h3-10H,11H2,1-2H3,(H,18,19). The Labute approximate surface area is 139 Å². The summed E-state index contributed by atoms with van der Waals surface area (Å²) in [6.45, 7) is 0.418. The van der Waals surface area contributed by atoms with E-state index in [0.717, 1.165) is 22.3 Å². The molecule has 1 aromatic carbocycles. The second kappa shape index (κ2) is 6.49. The molecular weight excluding hydrogens is 306 g/mol. The summed E-state index contributed by atoms with van der Waals surface area (Å²) in [6, 6.07) is 12.8. The first kappa shape index (κ1) is 15.7. The van der Waals surface area contributed by atoms with Gasteiger partial charge in [-0.1, -0.05) is 18.2 Å². The minimum atomic E-state index is -0.439. The van der Waals surface area contributed by atoms with E-state index in [1.807, 2.05) is 49.3 Å². The van der Waals surface area contributed by atoms with E-state index >= 15 is 0 Å². The van der Waals surface area contributed by atoms with Gasteiger partial charge in [0.15, 0.2) is 0 Å². The molecule has 24 heavy (non-hydrogen) atoms. The van der Waals surface area contributed by atoms with Crippen LogP contribution in [0.2, 0.25) is 0 Å². The third-order valence-electron chi connectivity index (χ3n) is 3.68. The van der Waals surface area contributed by atoms with E-state index < -0.39 is 4.92 Å². The van der Waals surface area contributed by atoms with Crippen LogP contribution in [0.1, 0.15) is 5.56 Å². The summed E-state index contributed by atoms with van der Waals surface area (Å²) in [4.78, 5) is 21.3. The lowest BCUT2D eigenvalue weighted by atomic mass is 10.1. The Hall–Kier alpha value is -3.22. The number of nitro groups is 1. The molecule has 0 unspecified atom stereocenters. The average Bonchev–Trinajstić information content (AvgIpc) is 2.59. The first-order valence-electron chi connectivity index (χ1n) is 7.45. The fraction of sp³-hybridized carbons (Fsp3) is 0.176. The molecule has 0 aliphatic carbocycles. The Bertz CT molecular complexity index is 895. The molecule has 3 rings (SSSR count). The molecule has 3 aromatic rings. The highest BCUT2D eigenvalue weighted by atomic mass is 16.6. The summed E-state index contributed by atoms with van der Waals surface area (Å²) in [7, 11) is 3.86. The molecule has 2 aromatic heterocycles. The fourth-order valence-corrected chi connectivity index (χ4v) is 2.47. The van der Waals surface area contributed by atoms with Crippen LogP contribution in [0, 0.1) is 10.1 Å². The molecule has 7 heteroatoms. The number of aromatic nitrogens is 2. The van der Waals surface area contributed by atoms with Crippen LogP contribution in [-0.2, 0) is 6.54 Å². The Kier molecular flexibility index (Phi) is 4.24. The highest BCUT2D eigenvalue weighted by molar-refractivity contribution is 5.84. The van der Waals surface area contributed by atoms with Gasteiger partial charge in [0.05, 0.1) is 10.4 Å². The molecule has 0 radical (unpaired) electrons. The molecule has 0 saturated heterocycles. The molecule has 0 aliphatic rings. The molecule has 0 amide bonds. The monoisotopic (exact) mass is 323 g/mol. The maximum Gasteiger partial charge on any atom is 0.311 e. The minimum absolute atomic E-state index is 0.0382. The van der Waals surface area contributed by atoms with E-state index in [9.17, 15) is 10.1 Å². The molecule has 0 bridgehead atoms. The highest BCUT2D eigenvalue weighted by Gasteiger charge is 2.14. The van der Waals surface area contributed by atoms with Gasteiger partial charge in [-0.2, -0.15) is 0 Å². The normalized spacial score (nSPS) is 10.6. The number of hydrogen-bond acceptors (Lipinski definition) is 6. The van der Waals surface area contributed by atoms with E-state index in [-0.39, 0.29) is 11.5 Å². The van der Waals surface area contributed by atoms with Gasteiger partial charge in [0.1, 0.15) is 5.82 Å². The number of benzene rings is 1. The van der Waals surface area contributed by atoms with Crippen LogP contribution >= 0.6 is 0 Å². The minimum Gasteiger partial charge on any atom is -0.363 e. The van der Waals surface area contributed by atoms with Gasteiger partial charge in [-0.05, 0) is 23.8 Å². The van der Waals surface area contributed by atoms with Gasteiger partial charge in [0, 0.05) is 38.3 Å². The van der Waals surface area contributed by atoms with Crippen LogP contribution in [0.25, 0.3) is 10.9 Å². The van der Waals surface area contributed by atoms with Gasteiger partial charge in [-0.3, -0.25) is 10.1 Å². The number of rotatable bonds is 5. The van der Waals surface area contributed by atoms with Crippen LogP contribution in [0.15, 0.2) is 48.7 Å². The lowest BCUT2D eigenvalue weighted by Crippen LogP contribution is -2.12. The first-order chi connectivity index (χ1) is 11.6. The second-order valence-corrected chi connectivity index (χ2v) is 5.53. The highest BCUT2D eigenvalue weighted by Crippen LogP contribution is 2.25. The smallest absolute Gasteiger partial charge is 0.311 e. The van der Waals surface area contributed by atoms with Gasteiger partial charge in [0.25, 0.3) is 0 Å². The van der Waals surface area contributed by atoms with Crippen LogP contribution in [0.5, 0.6) is 0 Å². The third kappa shape index (κ3) is 3.10. The molecule has 7 nitrogen and oxygen atoms in total. The van der Waals surface area contributed by atoms with Crippen molar-refractivity contribution in [2.45, 2.75) is 6.54 Å². The third-order valence-corrected chi connectivity index (χ3v) is 3.68. The lowest BCUT2D eigenvalue weighted by molar-refractivity contribution is -0.384. The number of anilines is 2. The van der Waals surface area contributed by atoms with Crippen LogP contribution in [-0.4, -0.2) is 29.0 Å². The number of hydrogen-bond donors (Lipinski definition) is 1. The average molecular weight is 323 g/mol. The molecule has 2 heterocycles. The van der Waals surface area contributed by atoms with Crippen molar-refractivity contribution in [2.24, 2.45) is 0 Å². The zero-order valence-electron chi connectivity index (χ0n) is 13.4. The van der Waals surface area contributed by atoms with E-state index in [4.69, 9.17) is 0 Å². The van der Waals surface area contributed by atoms with Crippen molar-refractivity contribution >= 4 is 28.2 Å². The molecule has 0 saturated carbocycles. The summed E-state index contributed by atoms with van der Waals surface area (Å²) in [6.07, 6.45) is 1.53.